The van der Waals surface area contributed by atoms with Crippen molar-refractivity contribution in [3.05, 3.63) is 69.7 Å². The SMILES string of the molecule is CC(C)(C)N(NC(=O)c1cc(Cl)ccc1Cl)C(=O)c1ccccc1. The second-order valence-electron chi connectivity index (χ2n) is 6.24. The van der Waals surface area contributed by atoms with Crippen molar-refractivity contribution in [2.24, 2.45) is 0 Å². The molecule has 0 aliphatic rings. The summed E-state index contributed by atoms with van der Waals surface area (Å²) in [5, 5.41) is 1.95. The largest absolute Gasteiger partial charge is 0.272 e. The number of nitrogens with one attached hydrogen (secondary N) is 1. The van der Waals surface area contributed by atoms with Crippen LogP contribution in [0.4, 0.5) is 0 Å². The van der Waals surface area contributed by atoms with Gasteiger partial charge in [-0.2, -0.15) is 0 Å². The van der Waals surface area contributed by atoms with E-state index in [0.717, 1.165) is 0 Å². The van der Waals surface area contributed by atoms with Crippen molar-refractivity contribution in [1.29, 1.82) is 0 Å². The van der Waals surface area contributed by atoms with Crippen molar-refractivity contribution in [2.45, 2.75) is 26.3 Å². The first-order valence-corrected chi connectivity index (χ1v) is 8.11. The van der Waals surface area contributed by atoms with Crippen molar-refractivity contribution in [1.82, 2.24) is 10.4 Å². The van der Waals surface area contributed by atoms with Gasteiger partial charge in [-0.15, -0.1) is 0 Å². The molecule has 24 heavy (non-hydrogen) atoms. The molecule has 4 nitrogen and oxygen atoms in total. The van der Waals surface area contributed by atoms with Gasteiger partial charge < -0.3 is 0 Å². The smallest absolute Gasteiger partial charge is 0.267 e. The van der Waals surface area contributed by atoms with Crippen LogP contribution >= 0.6 is 23.2 Å². The lowest BCUT2D eigenvalue weighted by Gasteiger charge is -2.35. The number of carbonyl (C=O) groups is 2. The Bertz CT molecular complexity index is 755. The highest BCUT2D eigenvalue weighted by Crippen LogP contribution is 2.22. The number of rotatable bonds is 2. The molecule has 0 fully saturated rings. The van der Waals surface area contributed by atoms with Crippen molar-refractivity contribution in [3.63, 3.8) is 0 Å². The molecular formula is C18H18Cl2N2O2. The van der Waals surface area contributed by atoms with E-state index >= 15 is 0 Å². The lowest BCUT2D eigenvalue weighted by molar-refractivity contribution is 0.0358. The average molecular weight is 365 g/mol. The molecule has 0 aliphatic carbocycles. The summed E-state index contributed by atoms with van der Waals surface area (Å²) in [7, 11) is 0. The lowest BCUT2D eigenvalue weighted by Crippen LogP contribution is -2.55. The van der Waals surface area contributed by atoms with Crippen molar-refractivity contribution in [3.8, 4) is 0 Å². The molecule has 0 aromatic heterocycles. The molecule has 0 heterocycles. The van der Waals surface area contributed by atoms with E-state index in [1.165, 1.54) is 11.1 Å². The third kappa shape index (κ3) is 4.28. The Morgan fingerprint density at radius 1 is 1.00 bits per heavy atom. The van der Waals surface area contributed by atoms with E-state index in [0.29, 0.717) is 10.6 Å². The molecule has 0 atom stereocenters. The van der Waals surface area contributed by atoms with Crippen LogP contribution in [-0.4, -0.2) is 22.4 Å². The summed E-state index contributed by atoms with van der Waals surface area (Å²) >= 11 is 12.0. The highest BCUT2D eigenvalue weighted by Gasteiger charge is 2.30. The maximum atomic E-state index is 12.8. The van der Waals surface area contributed by atoms with E-state index in [9.17, 15) is 9.59 Å². The normalized spacial score (nSPS) is 11.0. The Morgan fingerprint density at radius 3 is 2.21 bits per heavy atom. The summed E-state index contributed by atoms with van der Waals surface area (Å²) in [4.78, 5) is 25.3. The number of halogens is 2. The van der Waals surface area contributed by atoms with Gasteiger partial charge >= 0.3 is 0 Å². The van der Waals surface area contributed by atoms with Crippen LogP contribution in [0.15, 0.2) is 48.5 Å². The molecule has 0 bridgehead atoms. The fraction of sp³-hybridized carbons (Fsp3) is 0.222. The van der Waals surface area contributed by atoms with Crippen molar-refractivity contribution < 1.29 is 9.59 Å². The van der Waals surface area contributed by atoms with Crippen LogP contribution in [0.2, 0.25) is 10.0 Å². The maximum Gasteiger partial charge on any atom is 0.272 e. The zero-order valence-corrected chi connectivity index (χ0v) is 15.2. The van der Waals surface area contributed by atoms with Crippen LogP contribution in [0.25, 0.3) is 0 Å². The van der Waals surface area contributed by atoms with Gasteiger partial charge in [-0.1, -0.05) is 41.4 Å². The molecule has 2 rings (SSSR count). The molecule has 1 N–H and O–H groups in total. The van der Waals surface area contributed by atoms with Gasteiger partial charge in [0.2, 0.25) is 0 Å². The maximum absolute atomic E-state index is 12.8. The predicted octanol–water partition coefficient (Wildman–Crippen LogP) is 4.58. The molecule has 0 saturated heterocycles. The molecule has 2 aromatic carbocycles. The van der Waals surface area contributed by atoms with E-state index < -0.39 is 11.4 Å². The first kappa shape index (κ1) is 18.3. The molecule has 126 valence electrons. The molecule has 0 unspecified atom stereocenters. The second-order valence-corrected chi connectivity index (χ2v) is 7.09. The zero-order valence-electron chi connectivity index (χ0n) is 13.6. The van der Waals surface area contributed by atoms with E-state index in [4.69, 9.17) is 23.2 Å². The second kappa shape index (κ2) is 7.24. The molecule has 0 spiro atoms. The number of carbonyl (C=O) groups excluding carboxylic acids is 2. The fourth-order valence-electron chi connectivity index (χ4n) is 2.07. The highest BCUT2D eigenvalue weighted by molar-refractivity contribution is 6.35. The van der Waals surface area contributed by atoms with Gasteiger partial charge in [0.1, 0.15) is 0 Å². The standard InChI is InChI=1S/C18H18Cl2N2O2/c1-18(2,3)22(17(24)12-7-5-4-6-8-12)21-16(23)14-11-13(19)9-10-15(14)20/h4-11H,1-3H3,(H,21,23). The monoisotopic (exact) mass is 364 g/mol. The number of amides is 2. The van der Waals surface area contributed by atoms with Crippen LogP contribution in [0.1, 0.15) is 41.5 Å². The molecule has 2 amide bonds. The van der Waals surface area contributed by atoms with Crippen LogP contribution in [0, 0.1) is 0 Å². The Balaban J connectivity index is 2.32. The van der Waals surface area contributed by atoms with Gasteiger partial charge in [-0.3, -0.25) is 15.0 Å². The van der Waals surface area contributed by atoms with Crippen LogP contribution in [0.5, 0.6) is 0 Å². The summed E-state index contributed by atoms with van der Waals surface area (Å²) in [5.74, 6) is -0.809. The third-order valence-corrected chi connectivity index (χ3v) is 3.85. The van der Waals surface area contributed by atoms with E-state index in [1.807, 2.05) is 26.8 Å². The third-order valence-electron chi connectivity index (χ3n) is 3.28. The Kier molecular flexibility index (Phi) is 5.52. The summed E-state index contributed by atoms with van der Waals surface area (Å²) in [5.41, 5.74) is 2.69. The van der Waals surface area contributed by atoms with Crippen LogP contribution in [-0.2, 0) is 0 Å². The number of hydrogen-bond donors (Lipinski definition) is 1. The van der Waals surface area contributed by atoms with Gasteiger partial charge in [0.15, 0.2) is 0 Å². The molecule has 0 saturated carbocycles. The molecule has 0 radical (unpaired) electrons. The number of nitrogens with zero attached hydrogens (tertiary/aromatic N) is 1. The van der Waals surface area contributed by atoms with Crippen molar-refractivity contribution >= 4 is 35.0 Å². The fourth-order valence-corrected chi connectivity index (χ4v) is 2.44. The summed E-state index contributed by atoms with van der Waals surface area (Å²) < 4.78 is 0. The summed E-state index contributed by atoms with van der Waals surface area (Å²) in [6.45, 7) is 5.48. The number of hydrogen-bond acceptors (Lipinski definition) is 2. The first-order chi connectivity index (χ1) is 11.2. The quantitative estimate of drug-likeness (QED) is 0.792. The Morgan fingerprint density at radius 2 is 1.62 bits per heavy atom. The van der Waals surface area contributed by atoms with E-state index in [-0.39, 0.29) is 16.5 Å². The van der Waals surface area contributed by atoms with Gasteiger partial charge in [-0.25, -0.2) is 5.01 Å². The topological polar surface area (TPSA) is 49.4 Å². The Hall–Kier alpha value is -2.04. The van der Waals surface area contributed by atoms with Crippen LogP contribution in [0.3, 0.4) is 0 Å². The zero-order chi connectivity index (χ0) is 17.9. The van der Waals surface area contributed by atoms with E-state index in [2.05, 4.69) is 5.43 Å². The first-order valence-electron chi connectivity index (χ1n) is 7.36. The highest BCUT2D eigenvalue weighted by atomic mass is 35.5. The minimum Gasteiger partial charge on any atom is -0.267 e. The minimum atomic E-state index is -0.631. The number of hydrazine groups is 1. The summed E-state index contributed by atoms with van der Waals surface area (Å²) in [6.07, 6.45) is 0. The van der Waals surface area contributed by atoms with Gasteiger partial charge in [0.25, 0.3) is 11.8 Å². The molecule has 2 aromatic rings. The molecule has 6 heteroatoms. The minimum absolute atomic E-state index is 0.208. The van der Waals surface area contributed by atoms with Gasteiger partial charge in [0.05, 0.1) is 16.1 Å². The summed E-state index contributed by atoms with van der Waals surface area (Å²) in [6, 6.07) is 13.3. The number of benzene rings is 2. The Labute approximate surface area is 151 Å². The average Bonchev–Trinajstić information content (AvgIpc) is 2.53. The van der Waals surface area contributed by atoms with E-state index in [1.54, 1.807) is 36.4 Å². The van der Waals surface area contributed by atoms with Gasteiger partial charge in [-0.05, 0) is 51.1 Å². The predicted molar refractivity (Wildman–Crippen MR) is 96.3 cm³/mol. The van der Waals surface area contributed by atoms with Crippen molar-refractivity contribution in [2.75, 3.05) is 0 Å². The molecule has 0 aliphatic heterocycles. The molecular weight excluding hydrogens is 347 g/mol. The van der Waals surface area contributed by atoms with Crippen LogP contribution < -0.4 is 5.43 Å². The lowest BCUT2D eigenvalue weighted by atomic mass is 10.1. The van der Waals surface area contributed by atoms with Gasteiger partial charge in [0, 0.05) is 10.6 Å².